The number of rotatable bonds is 2. The van der Waals surface area contributed by atoms with Gasteiger partial charge in [-0.25, -0.2) is 4.57 Å². The van der Waals surface area contributed by atoms with E-state index >= 15 is 0 Å². The van der Waals surface area contributed by atoms with E-state index in [2.05, 4.69) is 36.4 Å². The third kappa shape index (κ3) is 2.86. The molecule has 4 aromatic carbocycles. The van der Waals surface area contributed by atoms with E-state index in [9.17, 15) is 4.57 Å². The van der Waals surface area contributed by atoms with Crippen molar-refractivity contribution in [2.45, 2.75) is 18.1 Å². The Balaban J connectivity index is 1.47. The van der Waals surface area contributed by atoms with Gasteiger partial charge in [-0.15, -0.1) is 0 Å². The molecule has 4 aromatic rings. The molecule has 0 N–H and O–H groups in total. The zero-order valence-corrected chi connectivity index (χ0v) is 19.0. The molecule has 0 radical (unpaired) electrons. The summed E-state index contributed by atoms with van der Waals surface area (Å²) in [5, 5.41) is 4.66. The van der Waals surface area contributed by atoms with Crippen LogP contribution in [0.1, 0.15) is 12.8 Å². The molecule has 2 bridgehead atoms. The van der Waals surface area contributed by atoms with Gasteiger partial charge in [0, 0.05) is 16.4 Å². The summed E-state index contributed by atoms with van der Waals surface area (Å²) < 4.78 is 26.8. The molecule has 0 spiro atoms. The molecule has 0 saturated heterocycles. The molecule has 7 rings (SSSR count). The maximum absolute atomic E-state index is 14.2. The quantitative estimate of drug-likeness (QED) is 0.225. The number of hydrogen-bond acceptors (Lipinski definition) is 4. The van der Waals surface area contributed by atoms with E-state index in [0.717, 1.165) is 45.5 Å². The van der Waals surface area contributed by atoms with E-state index in [0.29, 0.717) is 23.3 Å². The number of fused-ring (bicyclic) bond motifs is 9. The Morgan fingerprint density at radius 1 is 0.719 bits per heavy atom. The zero-order valence-electron chi connectivity index (χ0n) is 17.3. The lowest BCUT2D eigenvalue weighted by molar-refractivity contribution is 0.413. The number of benzene rings is 4. The van der Waals surface area contributed by atoms with Gasteiger partial charge in [-0.05, 0) is 69.7 Å². The molecule has 5 heteroatoms. The van der Waals surface area contributed by atoms with Crippen LogP contribution in [0.15, 0.2) is 84.9 Å². The Morgan fingerprint density at radius 3 is 1.84 bits per heavy atom. The Kier molecular flexibility index (Phi) is 4.07. The summed E-state index contributed by atoms with van der Waals surface area (Å²) in [5.41, 5.74) is 1.92. The predicted octanol–water partition coefficient (Wildman–Crippen LogP) is 8.24. The molecular weight excluding hydrogens is 435 g/mol. The third-order valence-electron chi connectivity index (χ3n) is 6.93. The van der Waals surface area contributed by atoms with Crippen LogP contribution >= 0.6 is 18.2 Å². The van der Waals surface area contributed by atoms with Crippen LogP contribution in [0.3, 0.4) is 0 Å². The molecule has 2 aliphatic carbocycles. The molecule has 1 saturated carbocycles. The van der Waals surface area contributed by atoms with Crippen molar-refractivity contribution in [1.29, 1.82) is 0 Å². The van der Waals surface area contributed by atoms with Gasteiger partial charge in [0.1, 0.15) is 11.5 Å². The molecule has 1 fully saturated rings. The van der Waals surface area contributed by atoms with Crippen LogP contribution in [0, 0.1) is 11.8 Å². The highest BCUT2D eigenvalue weighted by molar-refractivity contribution is 8.55. The van der Waals surface area contributed by atoms with Crippen LogP contribution in [0.2, 0.25) is 0 Å². The van der Waals surface area contributed by atoms with E-state index in [1.165, 1.54) is 11.4 Å². The van der Waals surface area contributed by atoms with Crippen molar-refractivity contribution >= 4 is 39.7 Å². The highest BCUT2D eigenvalue weighted by atomic mass is 32.7. The molecule has 0 amide bonds. The average molecular weight is 457 g/mol. The summed E-state index contributed by atoms with van der Waals surface area (Å²) in [6, 6.07) is 24.5. The molecule has 3 nitrogen and oxygen atoms in total. The lowest BCUT2D eigenvalue weighted by Crippen LogP contribution is -2.11. The highest BCUT2D eigenvalue weighted by Crippen LogP contribution is 2.68. The first-order valence-electron chi connectivity index (χ1n) is 11.1. The van der Waals surface area contributed by atoms with Gasteiger partial charge >= 0.3 is 6.80 Å². The zero-order chi connectivity index (χ0) is 21.3. The summed E-state index contributed by atoms with van der Waals surface area (Å²) >= 11 is 1.40. The topological polar surface area (TPSA) is 35.5 Å². The summed E-state index contributed by atoms with van der Waals surface area (Å²) in [6.45, 7) is -3.47. The summed E-state index contributed by atoms with van der Waals surface area (Å²) in [5.74, 6) is 2.32. The molecule has 158 valence electrons. The standard InChI is InChI=1S/C27H21O3PS/c28-31(32-25-16-17-9-10-20(25)15-17)29-23-13-11-18-5-1-3-7-21(18)26(23)27-22-8-4-2-6-19(22)12-14-24(27)30-31/h1-14,17,20,25H,15-16H2/t17-,20+,25+/m1/s1. The summed E-state index contributed by atoms with van der Waals surface area (Å²) in [4.78, 5) is 0. The van der Waals surface area contributed by atoms with Crippen LogP contribution in [-0.2, 0) is 4.57 Å². The molecule has 1 heterocycles. The second-order valence-corrected chi connectivity index (χ2v) is 12.9. The van der Waals surface area contributed by atoms with Crippen molar-refractivity contribution in [2.75, 3.05) is 0 Å². The smallest absolute Gasteiger partial charge is 0.408 e. The lowest BCUT2D eigenvalue weighted by atomic mass is 9.92. The monoisotopic (exact) mass is 456 g/mol. The van der Waals surface area contributed by atoms with Crippen LogP contribution in [-0.4, -0.2) is 5.25 Å². The minimum absolute atomic E-state index is 0.266. The van der Waals surface area contributed by atoms with E-state index in [4.69, 9.17) is 9.05 Å². The fourth-order valence-electron chi connectivity index (χ4n) is 5.49. The van der Waals surface area contributed by atoms with Crippen molar-refractivity contribution in [3.05, 3.63) is 84.9 Å². The second kappa shape index (κ2) is 6.91. The lowest BCUT2D eigenvalue weighted by Gasteiger charge is -2.23. The van der Waals surface area contributed by atoms with Crippen molar-refractivity contribution in [2.24, 2.45) is 11.8 Å². The van der Waals surface area contributed by atoms with E-state index in [1.54, 1.807) is 0 Å². The maximum atomic E-state index is 14.2. The van der Waals surface area contributed by atoms with Crippen LogP contribution in [0.4, 0.5) is 0 Å². The van der Waals surface area contributed by atoms with Crippen molar-refractivity contribution in [3.63, 3.8) is 0 Å². The van der Waals surface area contributed by atoms with Gasteiger partial charge in [0.25, 0.3) is 0 Å². The van der Waals surface area contributed by atoms with Gasteiger partial charge in [-0.2, -0.15) is 0 Å². The average Bonchev–Trinajstić information content (AvgIpc) is 3.39. The van der Waals surface area contributed by atoms with Crippen molar-refractivity contribution in [1.82, 2.24) is 0 Å². The molecule has 3 aliphatic rings. The minimum atomic E-state index is -3.47. The second-order valence-electron chi connectivity index (χ2n) is 8.87. The molecule has 0 unspecified atom stereocenters. The maximum Gasteiger partial charge on any atom is 0.493 e. The van der Waals surface area contributed by atoms with Gasteiger partial charge in [-0.1, -0.05) is 72.8 Å². The number of allylic oxidation sites excluding steroid dienone is 2. The largest absolute Gasteiger partial charge is 0.493 e. The Morgan fingerprint density at radius 2 is 1.31 bits per heavy atom. The van der Waals surface area contributed by atoms with E-state index < -0.39 is 6.80 Å². The van der Waals surface area contributed by atoms with Crippen LogP contribution < -0.4 is 9.05 Å². The summed E-state index contributed by atoms with van der Waals surface area (Å²) in [6.07, 6.45) is 6.77. The van der Waals surface area contributed by atoms with Gasteiger partial charge in [-0.3, -0.25) is 0 Å². The van der Waals surface area contributed by atoms with Crippen molar-refractivity contribution in [3.8, 4) is 22.6 Å². The van der Waals surface area contributed by atoms with Gasteiger partial charge in [0.05, 0.1) is 0 Å². The fraction of sp³-hybridized carbons (Fsp3) is 0.185. The van der Waals surface area contributed by atoms with Crippen LogP contribution in [0.5, 0.6) is 11.5 Å². The minimum Gasteiger partial charge on any atom is -0.408 e. The summed E-state index contributed by atoms with van der Waals surface area (Å²) in [7, 11) is 0. The fourth-order valence-corrected chi connectivity index (χ4v) is 9.89. The molecule has 32 heavy (non-hydrogen) atoms. The van der Waals surface area contributed by atoms with Crippen molar-refractivity contribution < 1.29 is 13.6 Å². The highest BCUT2D eigenvalue weighted by Gasteiger charge is 2.45. The Bertz CT molecular complexity index is 1390. The van der Waals surface area contributed by atoms with E-state index in [-0.39, 0.29) is 5.25 Å². The predicted molar refractivity (Wildman–Crippen MR) is 132 cm³/mol. The Hall–Kier alpha value is -2.68. The van der Waals surface area contributed by atoms with Gasteiger partial charge < -0.3 is 9.05 Å². The first-order valence-corrected chi connectivity index (χ1v) is 14.1. The first-order chi connectivity index (χ1) is 15.7. The normalized spacial score (nSPS) is 24.6. The SMILES string of the molecule is O=P1(S[C@H]2C[C@@H]3C=C[C@H]2C3)Oc2ccc3ccccc3c2-c2c(ccc3ccccc23)O1. The Labute approximate surface area is 190 Å². The van der Waals surface area contributed by atoms with Crippen LogP contribution in [0.25, 0.3) is 32.7 Å². The van der Waals surface area contributed by atoms with Gasteiger partial charge in [0.15, 0.2) is 0 Å². The number of hydrogen-bond donors (Lipinski definition) is 0. The molecule has 0 aromatic heterocycles. The van der Waals surface area contributed by atoms with E-state index in [1.807, 2.05) is 48.5 Å². The molecular formula is C27H21O3PS. The van der Waals surface area contributed by atoms with Gasteiger partial charge in [0.2, 0.25) is 0 Å². The molecule has 3 atom stereocenters. The molecule has 1 aliphatic heterocycles. The third-order valence-corrected chi connectivity index (χ3v) is 10.9. The first kappa shape index (κ1) is 18.8.